The van der Waals surface area contributed by atoms with E-state index in [-0.39, 0.29) is 18.3 Å². The summed E-state index contributed by atoms with van der Waals surface area (Å²) in [5, 5.41) is 1.42. The molecule has 1 aliphatic heterocycles. The summed E-state index contributed by atoms with van der Waals surface area (Å²) in [6, 6.07) is 7.64. The van der Waals surface area contributed by atoms with Gasteiger partial charge in [0.1, 0.15) is 0 Å². The number of hydrogen-bond donors (Lipinski definition) is 0. The summed E-state index contributed by atoms with van der Waals surface area (Å²) in [5.74, 6) is -0.00881. The second-order valence-electron chi connectivity index (χ2n) is 6.88. The first kappa shape index (κ1) is 23.9. The van der Waals surface area contributed by atoms with Gasteiger partial charge in [-0.05, 0) is 59.1 Å². The molecule has 3 heterocycles. The van der Waals surface area contributed by atoms with Crippen LogP contribution < -0.4 is 4.90 Å². The Morgan fingerprint density at radius 3 is 2.73 bits per heavy atom. The van der Waals surface area contributed by atoms with E-state index in [9.17, 15) is 4.79 Å². The van der Waals surface area contributed by atoms with Gasteiger partial charge in [-0.2, -0.15) is 0 Å². The van der Waals surface area contributed by atoms with Crippen molar-refractivity contribution in [1.82, 2.24) is 9.88 Å². The van der Waals surface area contributed by atoms with Gasteiger partial charge in [0.2, 0.25) is 0 Å². The van der Waals surface area contributed by atoms with Crippen LogP contribution in [-0.4, -0.2) is 55.2 Å². The summed E-state index contributed by atoms with van der Waals surface area (Å²) in [6.07, 6.45) is 0.883. The average molecular weight is 551 g/mol. The van der Waals surface area contributed by atoms with Crippen LogP contribution in [0.1, 0.15) is 21.7 Å². The van der Waals surface area contributed by atoms with Crippen molar-refractivity contribution in [3.05, 3.63) is 43.5 Å². The minimum Gasteiger partial charge on any atom is -0.379 e. The molecule has 0 aliphatic carbocycles. The molecule has 3 aromatic rings. The van der Waals surface area contributed by atoms with Gasteiger partial charge in [0, 0.05) is 31.2 Å². The quantitative estimate of drug-likeness (QED) is 0.385. The van der Waals surface area contributed by atoms with E-state index in [1.54, 1.807) is 0 Å². The third kappa shape index (κ3) is 5.35. The summed E-state index contributed by atoms with van der Waals surface area (Å²) < 4.78 is 7.41. The minimum atomic E-state index is -0.00881. The van der Waals surface area contributed by atoms with E-state index in [0.29, 0.717) is 16.4 Å². The summed E-state index contributed by atoms with van der Waals surface area (Å²) in [4.78, 5) is 23.0. The topological polar surface area (TPSA) is 45.7 Å². The van der Waals surface area contributed by atoms with Crippen LogP contribution in [0.5, 0.6) is 0 Å². The average Bonchev–Trinajstić information content (AvgIpc) is 3.35. The molecule has 162 valence electrons. The Balaban J connectivity index is 0.00000256. The van der Waals surface area contributed by atoms with Gasteiger partial charge in [0.05, 0.1) is 32.1 Å². The molecule has 0 saturated carbocycles. The van der Waals surface area contributed by atoms with Crippen LogP contribution in [0.2, 0.25) is 5.02 Å². The van der Waals surface area contributed by atoms with E-state index in [0.717, 1.165) is 64.0 Å². The molecule has 4 rings (SSSR count). The predicted molar refractivity (Wildman–Crippen MR) is 132 cm³/mol. The van der Waals surface area contributed by atoms with Gasteiger partial charge in [-0.3, -0.25) is 14.6 Å². The molecule has 5 nitrogen and oxygen atoms in total. The Kier molecular flexibility index (Phi) is 8.55. The molecule has 1 aromatic carbocycles. The number of anilines is 1. The molecule has 2 aromatic heterocycles. The number of ether oxygens (including phenoxy) is 1. The Labute approximate surface area is 203 Å². The van der Waals surface area contributed by atoms with E-state index in [1.807, 2.05) is 36.1 Å². The zero-order chi connectivity index (χ0) is 20.4. The number of halogens is 3. The van der Waals surface area contributed by atoms with Crippen molar-refractivity contribution in [2.24, 2.45) is 0 Å². The lowest BCUT2D eigenvalue weighted by Gasteiger charge is -2.27. The van der Waals surface area contributed by atoms with Gasteiger partial charge in [-0.15, -0.1) is 23.7 Å². The van der Waals surface area contributed by atoms with E-state index < -0.39 is 0 Å². The molecule has 1 saturated heterocycles. The molecular formula is C20H22BrCl2N3O2S2. The van der Waals surface area contributed by atoms with Gasteiger partial charge >= 0.3 is 0 Å². The lowest BCUT2D eigenvalue weighted by Crippen LogP contribution is -2.39. The Bertz CT molecular complexity index is 1020. The number of rotatable bonds is 6. The first-order valence-electron chi connectivity index (χ1n) is 9.46. The summed E-state index contributed by atoms with van der Waals surface area (Å²) >= 11 is 12.7. The highest BCUT2D eigenvalue weighted by Gasteiger charge is 2.23. The molecular weight excluding hydrogens is 529 g/mol. The molecule has 0 N–H and O–H groups in total. The maximum absolute atomic E-state index is 13.3. The number of nitrogens with zero attached hydrogens (tertiary/aromatic N) is 3. The molecule has 0 spiro atoms. The monoisotopic (exact) mass is 549 g/mol. The van der Waals surface area contributed by atoms with E-state index in [1.165, 1.54) is 22.7 Å². The SMILES string of the molecule is Cc1c(Cl)ccc2sc(N(CCCN3CCOCC3)C(=O)c3ccc(Br)s3)nc12.Cl. The second kappa shape index (κ2) is 10.7. The molecule has 30 heavy (non-hydrogen) atoms. The fraction of sp³-hybridized carbons (Fsp3) is 0.400. The number of thiophene rings is 1. The maximum Gasteiger partial charge on any atom is 0.270 e. The first-order valence-corrected chi connectivity index (χ1v) is 12.3. The normalized spacial score (nSPS) is 14.6. The summed E-state index contributed by atoms with van der Waals surface area (Å²) in [5.41, 5.74) is 1.82. The van der Waals surface area contributed by atoms with E-state index >= 15 is 0 Å². The van der Waals surface area contributed by atoms with Crippen molar-refractivity contribution < 1.29 is 9.53 Å². The largest absolute Gasteiger partial charge is 0.379 e. The highest BCUT2D eigenvalue weighted by atomic mass is 79.9. The van der Waals surface area contributed by atoms with Gasteiger partial charge < -0.3 is 4.74 Å². The number of benzene rings is 1. The number of amides is 1. The van der Waals surface area contributed by atoms with E-state index in [4.69, 9.17) is 21.3 Å². The number of thiazole rings is 1. The van der Waals surface area contributed by atoms with Crippen LogP contribution in [0.4, 0.5) is 5.13 Å². The first-order chi connectivity index (χ1) is 14.0. The zero-order valence-corrected chi connectivity index (χ0v) is 21.2. The third-order valence-corrected chi connectivity index (χ3v) is 8.02. The van der Waals surface area contributed by atoms with Crippen molar-refractivity contribution in [2.75, 3.05) is 44.3 Å². The molecule has 10 heteroatoms. The smallest absolute Gasteiger partial charge is 0.270 e. The van der Waals surface area contributed by atoms with Gasteiger partial charge in [0.25, 0.3) is 5.91 Å². The zero-order valence-electron chi connectivity index (χ0n) is 16.4. The highest BCUT2D eigenvalue weighted by molar-refractivity contribution is 9.11. The van der Waals surface area contributed by atoms with Crippen molar-refractivity contribution in [2.45, 2.75) is 13.3 Å². The number of hydrogen-bond acceptors (Lipinski definition) is 6. The fourth-order valence-corrected chi connectivity index (χ4v) is 5.86. The van der Waals surface area contributed by atoms with Crippen molar-refractivity contribution in [3.8, 4) is 0 Å². The molecule has 1 amide bonds. The molecule has 0 bridgehead atoms. The number of carbonyl (C=O) groups is 1. The Morgan fingerprint density at radius 1 is 1.27 bits per heavy atom. The van der Waals surface area contributed by atoms with Crippen LogP contribution in [0.25, 0.3) is 10.2 Å². The molecule has 0 atom stereocenters. The Morgan fingerprint density at radius 2 is 2.03 bits per heavy atom. The lowest BCUT2D eigenvalue weighted by atomic mass is 10.2. The van der Waals surface area contributed by atoms with Crippen LogP contribution in [0, 0.1) is 6.92 Å². The third-order valence-electron chi connectivity index (χ3n) is 4.96. The number of aromatic nitrogens is 1. The second-order valence-corrected chi connectivity index (χ2v) is 10.8. The van der Waals surface area contributed by atoms with Crippen LogP contribution >= 0.6 is 62.6 Å². The van der Waals surface area contributed by atoms with E-state index in [2.05, 4.69) is 20.8 Å². The van der Waals surface area contributed by atoms with Gasteiger partial charge in [-0.25, -0.2) is 4.98 Å². The number of aryl methyl sites for hydroxylation is 1. The van der Waals surface area contributed by atoms with Crippen molar-refractivity contribution in [3.63, 3.8) is 0 Å². The maximum atomic E-state index is 13.3. The molecule has 1 aliphatic rings. The van der Waals surface area contributed by atoms with Crippen LogP contribution in [0.15, 0.2) is 28.1 Å². The minimum absolute atomic E-state index is 0. The van der Waals surface area contributed by atoms with Crippen molar-refractivity contribution in [1.29, 1.82) is 0 Å². The summed E-state index contributed by atoms with van der Waals surface area (Å²) in [7, 11) is 0. The number of fused-ring (bicyclic) bond motifs is 1. The lowest BCUT2D eigenvalue weighted by molar-refractivity contribution is 0.0376. The highest BCUT2D eigenvalue weighted by Crippen LogP contribution is 2.35. The molecule has 0 unspecified atom stereocenters. The molecule has 1 fully saturated rings. The van der Waals surface area contributed by atoms with Gasteiger partial charge in [-0.1, -0.05) is 22.9 Å². The van der Waals surface area contributed by atoms with Gasteiger partial charge in [0.15, 0.2) is 5.13 Å². The fourth-order valence-electron chi connectivity index (χ4n) is 3.33. The standard InChI is InChI=1S/C20H21BrClN3O2S2.ClH/c1-13-14(22)3-4-15-18(13)23-20(29-15)25(19(26)16-5-6-17(21)28-16)8-2-7-24-9-11-27-12-10-24;/h3-6H,2,7-12H2,1H3;1H. The van der Waals surface area contributed by atoms with Crippen molar-refractivity contribution >= 4 is 83.9 Å². The predicted octanol–water partition coefficient (Wildman–Crippen LogP) is 5.87. The van der Waals surface area contributed by atoms with Crippen LogP contribution in [-0.2, 0) is 4.74 Å². The molecule has 0 radical (unpaired) electrons. The summed E-state index contributed by atoms with van der Waals surface area (Å²) in [6.45, 7) is 6.99. The Hall–Kier alpha value is -0.740. The number of morpholine rings is 1. The van der Waals surface area contributed by atoms with Crippen LogP contribution in [0.3, 0.4) is 0 Å². The number of carbonyl (C=O) groups excluding carboxylic acids is 1.